The van der Waals surface area contributed by atoms with E-state index in [9.17, 15) is 4.79 Å². The highest BCUT2D eigenvalue weighted by atomic mass is 16.2. The Morgan fingerprint density at radius 3 is 2.71 bits per heavy atom. The van der Waals surface area contributed by atoms with Crippen molar-refractivity contribution >= 4 is 17.4 Å². The van der Waals surface area contributed by atoms with Crippen LogP contribution in [0.2, 0.25) is 0 Å². The zero-order valence-corrected chi connectivity index (χ0v) is 13.3. The second-order valence-electron chi connectivity index (χ2n) is 5.90. The van der Waals surface area contributed by atoms with E-state index in [1.165, 1.54) is 0 Å². The maximum atomic E-state index is 12.2. The number of carbonyl (C=O) groups excluding carboxylic acids is 1. The molecule has 1 saturated heterocycles. The van der Waals surface area contributed by atoms with Gasteiger partial charge in [-0.1, -0.05) is 0 Å². The summed E-state index contributed by atoms with van der Waals surface area (Å²) in [7, 11) is 0. The van der Waals surface area contributed by atoms with Gasteiger partial charge in [0.2, 0.25) is 5.82 Å². The quantitative estimate of drug-likeness (QED) is 0.768. The van der Waals surface area contributed by atoms with E-state index in [0.717, 1.165) is 30.0 Å². The molecule has 0 spiro atoms. The third kappa shape index (κ3) is 2.66. The summed E-state index contributed by atoms with van der Waals surface area (Å²) < 4.78 is 1.94. The van der Waals surface area contributed by atoms with Crippen LogP contribution in [0.1, 0.15) is 22.6 Å². The van der Waals surface area contributed by atoms with Crippen molar-refractivity contribution < 1.29 is 4.79 Å². The minimum absolute atomic E-state index is 0.0411. The zero-order chi connectivity index (χ0) is 16.5. The van der Waals surface area contributed by atoms with Gasteiger partial charge in [-0.3, -0.25) is 4.79 Å². The normalized spacial score (nSPS) is 17.4. The molecule has 0 aromatic carbocycles. The molecule has 4 rings (SSSR count). The predicted octanol–water partition coefficient (Wildman–Crippen LogP) is 0.836. The molecule has 0 bridgehead atoms. The Labute approximate surface area is 138 Å². The van der Waals surface area contributed by atoms with Gasteiger partial charge in [-0.25, -0.2) is 19.9 Å². The summed E-state index contributed by atoms with van der Waals surface area (Å²) in [5.74, 6) is 0.798. The topological polar surface area (TPSA) is 88.3 Å². The first-order valence-corrected chi connectivity index (χ1v) is 7.83. The van der Waals surface area contributed by atoms with E-state index in [0.29, 0.717) is 6.54 Å². The largest absolute Gasteiger partial charge is 0.351 e. The molecule has 1 atom stereocenters. The molecule has 24 heavy (non-hydrogen) atoms. The van der Waals surface area contributed by atoms with Gasteiger partial charge in [-0.2, -0.15) is 0 Å². The van der Waals surface area contributed by atoms with E-state index in [-0.39, 0.29) is 17.8 Å². The smallest absolute Gasteiger partial charge is 0.289 e. The minimum Gasteiger partial charge on any atom is -0.351 e. The number of anilines is 1. The highest BCUT2D eigenvalue weighted by Crippen LogP contribution is 2.21. The lowest BCUT2D eigenvalue weighted by atomic mass is 10.2. The van der Waals surface area contributed by atoms with Crippen molar-refractivity contribution in [2.75, 3.05) is 18.0 Å². The maximum absolute atomic E-state index is 12.2. The van der Waals surface area contributed by atoms with Crippen LogP contribution in [-0.4, -0.2) is 49.4 Å². The summed E-state index contributed by atoms with van der Waals surface area (Å²) in [6.07, 6.45) is 11.4. The van der Waals surface area contributed by atoms with Crippen LogP contribution in [0.4, 0.5) is 5.82 Å². The Morgan fingerprint density at radius 1 is 1.17 bits per heavy atom. The molecule has 1 fully saturated rings. The summed E-state index contributed by atoms with van der Waals surface area (Å²) in [5.41, 5.74) is 1.75. The van der Waals surface area contributed by atoms with Crippen molar-refractivity contribution in [3.05, 3.63) is 48.6 Å². The number of nitrogens with one attached hydrogen (secondary N) is 1. The summed E-state index contributed by atoms with van der Waals surface area (Å²) in [6.45, 7) is 3.40. The molecule has 0 aliphatic carbocycles. The Kier molecular flexibility index (Phi) is 3.56. The molecular weight excluding hydrogens is 306 g/mol. The van der Waals surface area contributed by atoms with Crippen LogP contribution in [0.3, 0.4) is 0 Å². The Morgan fingerprint density at radius 2 is 1.92 bits per heavy atom. The third-order valence-electron chi connectivity index (χ3n) is 4.10. The maximum Gasteiger partial charge on any atom is 0.289 e. The van der Waals surface area contributed by atoms with E-state index < -0.39 is 0 Å². The summed E-state index contributed by atoms with van der Waals surface area (Å²) in [6, 6.07) is 0.0411. The lowest BCUT2D eigenvalue weighted by molar-refractivity contribution is 0.0930. The van der Waals surface area contributed by atoms with Gasteiger partial charge < -0.3 is 14.6 Å². The molecule has 1 amide bonds. The average molecular weight is 323 g/mol. The number of amides is 1. The van der Waals surface area contributed by atoms with Crippen LogP contribution in [0.5, 0.6) is 0 Å². The third-order valence-corrected chi connectivity index (χ3v) is 4.10. The molecule has 8 nitrogen and oxygen atoms in total. The number of aromatic nitrogens is 5. The van der Waals surface area contributed by atoms with Crippen molar-refractivity contribution in [1.29, 1.82) is 0 Å². The molecule has 0 radical (unpaired) electrons. The van der Waals surface area contributed by atoms with Gasteiger partial charge in [-0.15, -0.1) is 0 Å². The van der Waals surface area contributed by atoms with E-state index in [2.05, 4.69) is 30.2 Å². The molecule has 3 aromatic rings. The van der Waals surface area contributed by atoms with Crippen molar-refractivity contribution in [2.45, 2.75) is 19.4 Å². The average Bonchev–Trinajstić information content (AvgIpc) is 3.24. The second-order valence-corrected chi connectivity index (χ2v) is 5.90. The van der Waals surface area contributed by atoms with Crippen molar-refractivity contribution in [3.63, 3.8) is 0 Å². The first-order valence-electron chi connectivity index (χ1n) is 7.83. The lowest BCUT2D eigenvalue weighted by Gasteiger charge is -2.18. The van der Waals surface area contributed by atoms with E-state index in [4.69, 9.17) is 0 Å². The molecule has 8 heteroatoms. The molecule has 3 aromatic heterocycles. The van der Waals surface area contributed by atoms with Gasteiger partial charge in [0.15, 0.2) is 11.5 Å². The van der Waals surface area contributed by atoms with Gasteiger partial charge in [0.05, 0.1) is 0 Å². The first kappa shape index (κ1) is 14.6. The van der Waals surface area contributed by atoms with Gasteiger partial charge >= 0.3 is 0 Å². The molecule has 1 aliphatic heterocycles. The zero-order valence-electron chi connectivity index (χ0n) is 13.3. The van der Waals surface area contributed by atoms with Crippen LogP contribution in [0.25, 0.3) is 5.65 Å². The molecule has 1 aliphatic rings. The fourth-order valence-electron chi connectivity index (χ4n) is 2.89. The highest BCUT2D eigenvalue weighted by molar-refractivity contribution is 5.90. The van der Waals surface area contributed by atoms with Crippen LogP contribution >= 0.6 is 0 Å². The number of nitrogens with zero attached hydrogens (tertiary/aromatic N) is 6. The minimum atomic E-state index is -0.242. The number of fused-ring (bicyclic) bond motifs is 1. The first-order chi connectivity index (χ1) is 11.7. The van der Waals surface area contributed by atoms with Gasteiger partial charge in [0, 0.05) is 56.3 Å². The highest BCUT2D eigenvalue weighted by Gasteiger charge is 2.27. The lowest BCUT2D eigenvalue weighted by Crippen LogP contribution is -2.38. The Bertz CT molecular complexity index is 874. The molecule has 1 unspecified atom stereocenters. The number of hydrogen-bond acceptors (Lipinski definition) is 6. The fourth-order valence-corrected chi connectivity index (χ4v) is 2.89. The summed E-state index contributed by atoms with van der Waals surface area (Å²) >= 11 is 0. The summed E-state index contributed by atoms with van der Waals surface area (Å²) in [5, 5.41) is 3.00. The van der Waals surface area contributed by atoms with Crippen molar-refractivity contribution in [1.82, 2.24) is 29.7 Å². The number of hydrogen-bond donors (Lipinski definition) is 1. The monoisotopic (exact) mass is 323 g/mol. The molecule has 4 heterocycles. The number of aryl methyl sites for hydroxylation is 1. The van der Waals surface area contributed by atoms with Crippen LogP contribution in [0.15, 0.2) is 37.2 Å². The van der Waals surface area contributed by atoms with Crippen molar-refractivity contribution in [3.8, 4) is 0 Å². The fraction of sp³-hybridized carbons (Fsp3) is 0.312. The predicted molar refractivity (Wildman–Crippen MR) is 87.8 cm³/mol. The molecular formula is C16H17N7O. The van der Waals surface area contributed by atoms with Crippen LogP contribution in [0, 0.1) is 6.92 Å². The van der Waals surface area contributed by atoms with E-state index in [1.54, 1.807) is 24.8 Å². The van der Waals surface area contributed by atoms with Crippen molar-refractivity contribution in [2.24, 2.45) is 0 Å². The molecule has 122 valence electrons. The summed E-state index contributed by atoms with van der Waals surface area (Å²) in [4.78, 5) is 31.3. The van der Waals surface area contributed by atoms with Gasteiger partial charge in [-0.05, 0) is 18.9 Å². The Balaban J connectivity index is 1.46. The number of carbonyl (C=O) groups is 1. The Hall–Kier alpha value is -3.03. The molecule has 0 saturated carbocycles. The van der Waals surface area contributed by atoms with Crippen LogP contribution < -0.4 is 10.2 Å². The number of imidazole rings is 1. The van der Waals surface area contributed by atoms with Crippen LogP contribution in [-0.2, 0) is 0 Å². The standard InChI is InChI=1S/C16H17N7O/c1-11-8-19-13(20-9-11)16(24)21-12-2-5-23(10-12)15-14-17-3-6-22(14)7-4-18-15/h3-4,6-9,12H,2,5,10H2,1H3,(H,21,24). The van der Waals surface area contributed by atoms with E-state index in [1.807, 2.05) is 23.7 Å². The molecule has 1 N–H and O–H groups in total. The van der Waals surface area contributed by atoms with E-state index >= 15 is 0 Å². The second kappa shape index (κ2) is 5.88. The van der Waals surface area contributed by atoms with Gasteiger partial charge in [0.1, 0.15) is 0 Å². The van der Waals surface area contributed by atoms with Gasteiger partial charge in [0.25, 0.3) is 5.91 Å². The SMILES string of the molecule is Cc1cnc(C(=O)NC2CCN(c3nccn4ccnc34)C2)nc1. The number of rotatable bonds is 3.